The van der Waals surface area contributed by atoms with Crippen LogP contribution < -0.4 is 4.74 Å². The van der Waals surface area contributed by atoms with Crippen LogP contribution in [0.3, 0.4) is 0 Å². The van der Waals surface area contributed by atoms with E-state index in [2.05, 4.69) is 4.74 Å². The summed E-state index contributed by atoms with van der Waals surface area (Å²) in [6.07, 6.45) is 3.09. The quantitative estimate of drug-likeness (QED) is 0.578. The van der Waals surface area contributed by atoms with Gasteiger partial charge in [-0.2, -0.15) is 0 Å². The van der Waals surface area contributed by atoms with Crippen LogP contribution in [0.15, 0.2) is 24.3 Å². The first-order valence-electron chi connectivity index (χ1n) is 5.17. The number of carbonyl (C=O) groups excluding carboxylic acids is 1. The smallest absolute Gasteiger partial charge is 0.330 e. The lowest BCUT2D eigenvalue weighted by Crippen LogP contribution is -1.95. The lowest BCUT2D eigenvalue weighted by atomic mass is 10.1. The molecule has 1 aromatic carbocycles. The van der Waals surface area contributed by atoms with Crippen molar-refractivity contribution in [3.05, 3.63) is 35.4 Å². The van der Waals surface area contributed by atoms with Gasteiger partial charge in [0.25, 0.3) is 0 Å². The molecule has 0 radical (unpaired) electrons. The molecule has 0 unspecified atom stereocenters. The van der Waals surface area contributed by atoms with Gasteiger partial charge in [-0.25, -0.2) is 4.79 Å². The number of benzene rings is 1. The minimum absolute atomic E-state index is 0.362. The van der Waals surface area contributed by atoms with E-state index in [-0.39, 0.29) is 5.97 Å². The first-order chi connectivity index (χ1) is 7.67. The second kappa shape index (κ2) is 5.95. The number of hydrogen-bond acceptors (Lipinski definition) is 3. The Balaban J connectivity index is 2.86. The first-order valence-corrected chi connectivity index (χ1v) is 5.17. The van der Waals surface area contributed by atoms with E-state index in [1.807, 2.05) is 32.0 Å². The van der Waals surface area contributed by atoms with E-state index in [1.165, 1.54) is 13.2 Å². The third-order valence-electron chi connectivity index (χ3n) is 2.13. The number of hydrogen-bond donors (Lipinski definition) is 0. The van der Waals surface area contributed by atoms with Gasteiger partial charge in [-0.3, -0.25) is 0 Å². The van der Waals surface area contributed by atoms with Crippen LogP contribution in [-0.4, -0.2) is 19.7 Å². The summed E-state index contributed by atoms with van der Waals surface area (Å²) in [6.45, 7) is 4.56. The van der Waals surface area contributed by atoms with Crippen LogP contribution in [0.5, 0.6) is 5.75 Å². The molecule has 0 fully saturated rings. The second-order valence-corrected chi connectivity index (χ2v) is 3.31. The van der Waals surface area contributed by atoms with E-state index in [0.29, 0.717) is 6.61 Å². The topological polar surface area (TPSA) is 35.5 Å². The fourth-order valence-electron chi connectivity index (χ4n) is 1.26. The highest BCUT2D eigenvalue weighted by Gasteiger charge is 1.99. The van der Waals surface area contributed by atoms with Crippen LogP contribution in [0.25, 0.3) is 6.08 Å². The average molecular weight is 220 g/mol. The van der Waals surface area contributed by atoms with Gasteiger partial charge in [0, 0.05) is 6.08 Å². The monoisotopic (exact) mass is 220 g/mol. The first kappa shape index (κ1) is 12.3. The van der Waals surface area contributed by atoms with Crippen LogP contribution >= 0.6 is 0 Å². The summed E-state index contributed by atoms with van der Waals surface area (Å²) in [4.78, 5) is 10.9. The SMILES string of the molecule is CCOc1cc(C=CC(=O)OC)ccc1C. The molecule has 1 aromatic rings. The Labute approximate surface area is 95.7 Å². The van der Waals surface area contributed by atoms with Gasteiger partial charge in [0.15, 0.2) is 0 Å². The van der Waals surface area contributed by atoms with Crippen molar-refractivity contribution < 1.29 is 14.3 Å². The molecule has 0 bridgehead atoms. The summed E-state index contributed by atoms with van der Waals surface area (Å²) in [6, 6.07) is 5.79. The fraction of sp³-hybridized carbons (Fsp3) is 0.308. The van der Waals surface area contributed by atoms with E-state index >= 15 is 0 Å². The summed E-state index contributed by atoms with van der Waals surface area (Å²) in [5.41, 5.74) is 2.00. The molecule has 0 aromatic heterocycles. The van der Waals surface area contributed by atoms with Crippen molar-refractivity contribution >= 4 is 12.0 Å². The molecular formula is C13H16O3. The predicted octanol–water partition coefficient (Wildman–Crippen LogP) is 2.58. The molecule has 0 amide bonds. The van der Waals surface area contributed by atoms with Crippen molar-refractivity contribution in [3.63, 3.8) is 0 Å². The molecule has 86 valence electrons. The lowest BCUT2D eigenvalue weighted by molar-refractivity contribution is -0.134. The normalized spacial score (nSPS) is 10.4. The Kier molecular flexibility index (Phi) is 4.58. The molecule has 16 heavy (non-hydrogen) atoms. The summed E-state index contributed by atoms with van der Waals surface area (Å²) in [7, 11) is 1.35. The third-order valence-corrected chi connectivity index (χ3v) is 2.13. The van der Waals surface area contributed by atoms with E-state index in [1.54, 1.807) is 6.08 Å². The Hall–Kier alpha value is -1.77. The van der Waals surface area contributed by atoms with Gasteiger partial charge in [0.05, 0.1) is 13.7 Å². The van der Waals surface area contributed by atoms with Crippen molar-refractivity contribution in [3.8, 4) is 5.75 Å². The highest BCUT2D eigenvalue weighted by Crippen LogP contribution is 2.20. The molecule has 0 atom stereocenters. The maximum absolute atomic E-state index is 10.9. The molecule has 0 aliphatic heterocycles. The van der Waals surface area contributed by atoms with Crippen molar-refractivity contribution in [2.24, 2.45) is 0 Å². The highest BCUT2D eigenvalue weighted by molar-refractivity contribution is 5.87. The number of esters is 1. The van der Waals surface area contributed by atoms with Gasteiger partial charge < -0.3 is 9.47 Å². The Bertz CT molecular complexity index is 394. The Morgan fingerprint density at radius 2 is 2.19 bits per heavy atom. The van der Waals surface area contributed by atoms with Crippen LogP contribution in [0.1, 0.15) is 18.1 Å². The Morgan fingerprint density at radius 1 is 1.44 bits per heavy atom. The highest BCUT2D eigenvalue weighted by atomic mass is 16.5. The van der Waals surface area contributed by atoms with Crippen LogP contribution in [-0.2, 0) is 9.53 Å². The van der Waals surface area contributed by atoms with Crippen molar-refractivity contribution in [1.82, 2.24) is 0 Å². The zero-order valence-electron chi connectivity index (χ0n) is 9.82. The number of rotatable bonds is 4. The molecule has 0 saturated carbocycles. The molecule has 3 nitrogen and oxygen atoms in total. The van der Waals surface area contributed by atoms with Crippen LogP contribution in [0.4, 0.5) is 0 Å². The number of methoxy groups -OCH3 is 1. The van der Waals surface area contributed by atoms with E-state index in [4.69, 9.17) is 4.74 Å². The zero-order chi connectivity index (χ0) is 12.0. The lowest BCUT2D eigenvalue weighted by Gasteiger charge is -2.07. The van der Waals surface area contributed by atoms with E-state index < -0.39 is 0 Å². The van der Waals surface area contributed by atoms with Crippen LogP contribution in [0.2, 0.25) is 0 Å². The van der Waals surface area contributed by atoms with Gasteiger partial charge in [-0.15, -0.1) is 0 Å². The molecule has 0 heterocycles. The van der Waals surface area contributed by atoms with E-state index in [0.717, 1.165) is 16.9 Å². The number of carbonyl (C=O) groups is 1. The van der Waals surface area contributed by atoms with Gasteiger partial charge >= 0.3 is 5.97 Å². The van der Waals surface area contributed by atoms with Crippen molar-refractivity contribution in [1.29, 1.82) is 0 Å². The van der Waals surface area contributed by atoms with E-state index in [9.17, 15) is 4.79 Å². The minimum atomic E-state index is -0.362. The van der Waals surface area contributed by atoms with Gasteiger partial charge in [0.1, 0.15) is 5.75 Å². The molecule has 0 N–H and O–H groups in total. The maximum atomic E-state index is 10.9. The largest absolute Gasteiger partial charge is 0.494 e. The van der Waals surface area contributed by atoms with Gasteiger partial charge in [-0.1, -0.05) is 12.1 Å². The minimum Gasteiger partial charge on any atom is -0.494 e. The molecule has 0 saturated heterocycles. The van der Waals surface area contributed by atoms with Crippen molar-refractivity contribution in [2.75, 3.05) is 13.7 Å². The number of ether oxygens (including phenoxy) is 2. The molecule has 0 aliphatic rings. The molecule has 3 heteroatoms. The Morgan fingerprint density at radius 3 is 2.81 bits per heavy atom. The standard InChI is InChI=1S/C13H16O3/c1-4-16-12-9-11(6-5-10(12)2)7-8-13(14)15-3/h5-9H,4H2,1-3H3. The van der Waals surface area contributed by atoms with Gasteiger partial charge in [-0.05, 0) is 37.1 Å². The summed E-state index contributed by atoms with van der Waals surface area (Å²) >= 11 is 0. The van der Waals surface area contributed by atoms with Crippen LogP contribution in [0, 0.1) is 6.92 Å². The molecule has 0 aliphatic carbocycles. The maximum Gasteiger partial charge on any atom is 0.330 e. The second-order valence-electron chi connectivity index (χ2n) is 3.31. The van der Waals surface area contributed by atoms with Gasteiger partial charge in [0.2, 0.25) is 0 Å². The zero-order valence-corrected chi connectivity index (χ0v) is 9.82. The number of aryl methyl sites for hydroxylation is 1. The summed E-state index contributed by atoms with van der Waals surface area (Å²) < 4.78 is 9.98. The molecule has 1 rings (SSSR count). The fourth-order valence-corrected chi connectivity index (χ4v) is 1.26. The molecule has 0 spiro atoms. The average Bonchev–Trinajstić information content (AvgIpc) is 2.30. The predicted molar refractivity (Wildman–Crippen MR) is 63.4 cm³/mol. The molecular weight excluding hydrogens is 204 g/mol. The van der Waals surface area contributed by atoms with Crippen molar-refractivity contribution in [2.45, 2.75) is 13.8 Å². The third kappa shape index (κ3) is 3.42. The summed E-state index contributed by atoms with van der Waals surface area (Å²) in [5.74, 6) is 0.480. The summed E-state index contributed by atoms with van der Waals surface area (Å²) in [5, 5.41) is 0.